The molecule has 1 fully saturated rings. The smallest absolute Gasteiger partial charge is 0.344 e. The Morgan fingerprint density at radius 2 is 2.17 bits per heavy atom. The lowest BCUT2D eigenvalue weighted by Crippen LogP contribution is -2.30. The summed E-state index contributed by atoms with van der Waals surface area (Å²) in [7, 11) is 0. The summed E-state index contributed by atoms with van der Waals surface area (Å²) in [5.74, 6) is 0.212. The Balaban J connectivity index is 1.59. The number of H-pyrrole nitrogens is 1. The predicted octanol–water partition coefficient (Wildman–Crippen LogP) is 2.66. The van der Waals surface area contributed by atoms with E-state index in [9.17, 15) is 9.59 Å². The third-order valence-electron chi connectivity index (χ3n) is 4.03. The van der Waals surface area contributed by atoms with Gasteiger partial charge in [-0.15, -0.1) is 5.10 Å². The fraction of sp³-hybridized carbons (Fsp3) is 0.471. The summed E-state index contributed by atoms with van der Waals surface area (Å²) in [4.78, 5) is 24.1. The van der Waals surface area contributed by atoms with Crippen LogP contribution in [0.4, 0.5) is 0 Å². The topological polar surface area (TPSA) is 79.8 Å². The molecule has 0 spiro atoms. The molecule has 1 atom stereocenters. The number of rotatable bonds is 8. The monoisotopic (exact) mass is 346 g/mol. The van der Waals surface area contributed by atoms with Gasteiger partial charge in [-0.25, -0.2) is 9.89 Å². The lowest BCUT2D eigenvalue weighted by molar-refractivity contribution is -0.119. The molecule has 0 radical (unpaired) electrons. The highest BCUT2D eigenvalue weighted by atomic mass is 32.2. The highest BCUT2D eigenvalue weighted by molar-refractivity contribution is 7.99. The van der Waals surface area contributed by atoms with Gasteiger partial charge in [0.05, 0.1) is 11.8 Å². The molecule has 1 aliphatic carbocycles. The van der Waals surface area contributed by atoms with Gasteiger partial charge in [0.15, 0.2) is 5.16 Å². The van der Waals surface area contributed by atoms with Crippen molar-refractivity contribution in [3.8, 4) is 0 Å². The average molecular weight is 346 g/mol. The van der Waals surface area contributed by atoms with Crippen molar-refractivity contribution in [3.63, 3.8) is 0 Å². The van der Waals surface area contributed by atoms with Crippen LogP contribution in [-0.2, 0) is 4.79 Å². The Hall–Kier alpha value is -2.02. The normalized spacial score (nSPS) is 15.2. The van der Waals surface area contributed by atoms with Gasteiger partial charge in [-0.2, -0.15) is 0 Å². The van der Waals surface area contributed by atoms with E-state index in [1.807, 2.05) is 30.3 Å². The highest BCUT2D eigenvalue weighted by Crippen LogP contribution is 2.36. The van der Waals surface area contributed by atoms with E-state index in [4.69, 9.17) is 0 Å². The Labute approximate surface area is 145 Å². The Morgan fingerprint density at radius 1 is 1.42 bits per heavy atom. The molecule has 128 valence electrons. The van der Waals surface area contributed by atoms with Crippen molar-refractivity contribution in [1.82, 2.24) is 20.1 Å². The standard InChI is InChI=1S/C17H22N4O2S/c1-2-6-14(12-7-4-3-5-8-12)18-15(22)11-24-17-20-19-16(23)21(17)13-9-10-13/h3-5,7-8,13-14H,2,6,9-11H2,1H3,(H,18,22)(H,19,23). The predicted molar refractivity (Wildman–Crippen MR) is 94.1 cm³/mol. The molecule has 0 saturated heterocycles. The first-order valence-corrected chi connectivity index (χ1v) is 9.31. The van der Waals surface area contributed by atoms with Crippen molar-refractivity contribution < 1.29 is 4.79 Å². The van der Waals surface area contributed by atoms with Gasteiger partial charge in [-0.3, -0.25) is 9.36 Å². The molecule has 2 aromatic rings. The van der Waals surface area contributed by atoms with E-state index in [0.717, 1.165) is 31.2 Å². The van der Waals surface area contributed by atoms with E-state index in [2.05, 4.69) is 22.4 Å². The maximum absolute atomic E-state index is 12.3. The summed E-state index contributed by atoms with van der Waals surface area (Å²) in [5.41, 5.74) is 0.931. The van der Waals surface area contributed by atoms with Gasteiger partial charge in [0, 0.05) is 6.04 Å². The molecule has 1 aromatic carbocycles. The largest absolute Gasteiger partial charge is 0.349 e. The molecular formula is C17H22N4O2S. The second-order valence-corrected chi connectivity index (χ2v) is 6.96. The second-order valence-electron chi connectivity index (χ2n) is 6.02. The average Bonchev–Trinajstić information content (AvgIpc) is 3.36. The number of hydrogen-bond donors (Lipinski definition) is 2. The molecule has 6 nitrogen and oxygen atoms in total. The van der Waals surface area contributed by atoms with E-state index >= 15 is 0 Å². The number of nitrogens with one attached hydrogen (secondary N) is 2. The number of aromatic nitrogens is 3. The van der Waals surface area contributed by atoms with Crippen molar-refractivity contribution in [2.75, 3.05) is 5.75 Å². The van der Waals surface area contributed by atoms with Crippen LogP contribution in [0.3, 0.4) is 0 Å². The van der Waals surface area contributed by atoms with Gasteiger partial charge in [0.2, 0.25) is 5.91 Å². The van der Waals surface area contributed by atoms with Crippen molar-refractivity contribution in [3.05, 3.63) is 46.4 Å². The number of nitrogens with zero attached hydrogens (tertiary/aromatic N) is 2. The van der Waals surface area contributed by atoms with Crippen LogP contribution < -0.4 is 11.0 Å². The zero-order valence-corrected chi connectivity index (χ0v) is 14.5. The summed E-state index contributed by atoms with van der Waals surface area (Å²) in [6.45, 7) is 2.11. The molecule has 0 aliphatic heterocycles. The van der Waals surface area contributed by atoms with Crippen LogP contribution in [0.1, 0.15) is 50.3 Å². The third-order valence-corrected chi connectivity index (χ3v) is 4.98. The lowest BCUT2D eigenvalue weighted by Gasteiger charge is -2.18. The lowest BCUT2D eigenvalue weighted by atomic mass is 10.0. The Kier molecular flexibility index (Phi) is 5.40. The Morgan fingerprint density at radius 3 is 2.83 bits per heavy atom. The van der Waals surface area contributed by atoms with Gasteiger partial charge in [-0.1, -0.05) is 55.4 Å². The molecule has 1 unspecified atom stereocenters. The zero-order valence-electron chi connectivity index (χ0n) is 13.7. The summed E-state index contributed by atoms with van der Waals surface area (Å²) in [6.07, 6.45) is 3.90. The van der Waals surface area contributed by atoms with Crippen LogP contribution in [0.5, 0.6) is 0 Å². The van der Waals surface area contributed by atoms with E-state index in [0.29, 0.717) is 5.16 Å². The number of aromatic amines is 1. The molecule has 1 heterocycles. The fourth-order valence-corrected chi connectivity index (χ4v) is 3.53. The summed E-state index contributed by atoms with van der Waals surface area (Å²) in [5, 5.41) is 10.2. The van der Waals surface area contributed by atoms with Gasteiger partial charge < -0.3 is 5.32 Å². The molecular weight excluding hydrogens is 324 g/mol. The summed E-state index contributed by atoms with van der Waals surface area (Å²) < 4.78 is 1.67. The SMILES string of the molecule is CCCC(NC(=O)CSc1n[nH]c(=O)n1C1CC1)c1ccccc1. The number of carbonyl (C=O) groups is 1. The van der Waals surface area contributed by atoms with E-state index in [1.165, 1.54) is 11.8 Å². The number of amides is 1. The quantitative estimate of drug-likeness (QED) is 0.720. The number of carbonyl (C=O) groups excluding carboxylic acids is 1. The van der Waals surface area contributed by atoms with Crippen LogP contribution in [-0.4, -0.2) is 26.4 Å². The maximum Gasteiger partial charge on any atom is 0.344 e. The Bertz CT molecular complexity index is 737. The van der Waals surface area contributed by atoms with Crippen molar-refractivity contribution in [1.29, 1.82) is 0 Å². The number of benzene rings is 1. The molecule has 24 heavy (non-hydrogen) atoms. The fourth-order valence-electron chi connectivity index (χ4n) is 2.71. The van der Waals surface area contributed by atoms with Gasteiger partial charge in [-0.05, 0) is 24.8 Å². The van der Waals surface area contributed by atoms with Crippen LogP contribution >= 0.6 is 11.8 Å². The van der Waals surface area contributed by atoms with Crippen LogP contribution in [0.2, 0.25) is 0 Å². The zero-order chi connectivity index (χ0) is 16.9. The molecule has 2 N–H and O–H groups in total. The van der Waals surface area contributed by atoms with Crippen molar-refractivity contribution in [2.45, 2.75) is 49.8 Å². The number of thioether (sulfide) groups is 1. The molecule has 7 heteroatoms. The van der Waals surface area contributed by atoms with Gasteiger partial charge in [0.1, 0.15) is 0 Å². The molecule has 1 amide bonds. The molecule has 1 saturated carbocycles. The summed E-state index contributed by atoms with van der Waals surface area (Å²) >= 11 is 1.31. The van der Waals surface area contributed by atoms with Gasteiger partial charge in [0.25, 0.3) is 0 Å². The first-order valence-electron chi connectivity index (χ1n) is 8.33. The van der Waals surface area contributed by atoms with E-state index in [1.54, 1.807) is 4.57 Å². The minimum atomic E-state index is -0.187. The molecule has 1 aromatic heterocycles. The highest BCUT2D eigenvalue weighted by Gasteiger charge is 2.28. The van der Waals surface area contributed by atoms with Crippen LogP contribution in [0.25, 0.3) is 0 Å². The van der Waals surface area contributed by atoms with Gasteiger partial charge >= 0.3 is 5.69 Å². The first-order chi connectivity index (χ1) is 11.7. The van der Waals surface area contributed by atoms with Crippen molar-refractivity contribution >= 4 is 17.7 Å². The maximum atomic E-state index is 12.3. The third kappa shape index (κ3) is 4.08. The van der Waals surface area contributed by atoms with Crippen molar-refractivity contribution in [2.24, 2.45) is 0 Å². The molecule has 1 aliphatic rings. The molecule has 3 rings (SSSR count). The number of hydrogen-bond acceptors (Lipinski definition) is 4. The minimum absolute atomic E-state index is 0.0223. The van der Waals surface area contributed by atoms with Crippen LogP contribution in [0.15, 0.2) is 40.3 Å². The second kappa shape index (κ2) is 7.70. The molecule has 0 bridgehead atoms. The van der Waals surface area contributed by atoms with Crippen LogP contribution in [0, 0.1) is 0 Å². The van der Waals surface area contributed by atoms with E-state index < -0.39 is 0 Å². The van der Waals surface area contributed by atoms with E-state index in [-0.39, 0.29) is 29.4 Å². The first kappa shape index (κ1) is 16.8. The summed E-state index contributed by atoms with van der Waals surface area (Å²) in [6, 6.07) is 10.3. The minimum Gasteiger partial charge on any atom is -0.349 e.